The second-order valence-electron chi connectivity index (χ2n) is 5.31. The fraction of sp³-hybridized carbons (Fsp3) is 0.600. The summed E-state index contributed by atoms with van der Waals surface area (Å²) in [6, 6.07) is 5.85. The quantitative estimate of drug-likeness (QED) is 0.893. The molecule has 2 atom stereocenters. The van der Waals surface area contributed by atoms with Crippen LogP contribution >= 0.6 is 0 Å². The zero-order chi connectivity index (χ0) is 13.1. The number of ether oxygens (including phenoxy) is 2. The Bertz CT molecular complexity index is 401. The van der Waals surface area contributed by atoms with Crippen LogP contribution in [-0.4, -0.2) is 24.9 Å². The average molecular weight is 250 g/mol. The molecule has 2 unspecified atom stereocenters. The maximum Gasteiger partial charge on any atom is 0.119 e. The number of fused-ring (bicyclic) bond motifs is 1. The highest BCUT2D eigenvalue weighted by Gasteiger charge is 2.28. The second-order valence-corrected chi connectivity index (χ2v) is 5.31. The van der Waals surface area contributed by atoms with E-state index in [0.717, 1.165) is 24.2 Å². The van der Waals surface area contributed by atoms with E-state index in [1.165, 1.54) is 5.56 Å². The Balaban J connectivity index is 2.10. The van der Waals surface area contributed by atoms with Crippen molar-refractivity contribution >= 4 is 0 Å². The highest BCUT2D eigenvalue weighted by Crippen LogP contribution is 2.34. The minimum absolute atomic E-state index is 0.0757. The topological polar surface area (TPSA) is 38.7 Å². The van der Waals surface area contributed by atoms with Gasteiger partial charge in [0.2, 0.25) is 0 Å². The number of aryl methyl sites for hydroxylation is 1. The molecule has 0 spiro atoms. The third-order valence-electron chi connectivity index (χ3n) is 3.36. The molecule has 0 saturated heterocycles. The van der Waals surface area contributed by atoms with Gasteiger partial charge in [0.25, 0.3) is 0 Å². The first-order chi connectivity index (χ1) is 8.61. The average Bonchev–Trinajstić information content (AvgIpc) is 2.37. The van der Waals surface area contributed by atoms with Crippen molar-refractivity contribution in [2.75, 3.05) is 13.7 Å². The number of benzene rings is 1. The molecule has 0 fully saturated rings. The molecule has 2 rings (SSSR count). The molecule has 0 aliphatic heterocycles. The zero-order valence-corrected chi connectivity index (χ0v) is 11.3. The van der Waals surface area contributed by atoms with Crippen LogP contribution in [0.15, 0.2) is 18.2 Å². The molecule has 0 aromatic heterocycles. The van der Waals surface area contributed by atoms with Gasteiger partial charge in [0.1, 0.15) is 11.9 Å². The van der Waals surface area contributed by atoms with Crippen LogP contribution in [0.3, 0.4) is 0 Å². The molecule has 1 aromatic rings. The largest absolute Gasteiger partial charge is 0.497 e. The molecule has 1 N–H and O–H groups in total. The first kappa shape index (κ1) is 13.4. The van der Waals surface area contributed by atoms with E-state index < -0.39 is 6.10 Å². The van der Waals surface area contributed by atoms with E-state index in [1.54, 1.807) is 7.11 Å². The molecule has 0 saturated carbocycles. The lowest BCUT2D eigenvalue weighted by atomic mass is 9.87. The maximum atomic E-state index is 10.3. The first-order valence-electron chi connectivity index (χ1n) is 6.58. The fourth-order valence-corrected chi connectivity index (χ4v) is 2.36. The van der Waals surface area contributed by atoms with E-state index in [0.29, 0.717) is 12.5 Å². The Morgan fingerprint density at radius 2 is 2.17 bits per heavy atom. The highest BCUT2D eigenvalue weighted by atomic mass is 16.5. The second kappa shape index (κ2) is 5.72. The Morgan fingerprint density at radius 1 is 1.39 bits per heavy atom. The van der Waals surface area contributed by atoms with Crippen LogP contribution in [0.1, 0.15) is 37.5 Å². The number of aliphatic hydroxyl groups excluding tert-OH is 1. The molecular formula is C15H22O3. The molecule has 100 valence electrons. The van der Waals surface area contributed by atoms with E-state index in [9.17, 15) is 5.11 Å². The Morgan fingerprint density at radius 3 is 2.83 bits per heavy atom. The minimum Gasteiger partial charge on any atom is -0.497 e. The molecule has 3 nitrogen and oxygen atoms in total. The molecule has 1 aliphatic carbocycles. The van der Waals surface area contributed by atoms with Gasteiger partial charge in [-0.25, -0.2) is 0 Å². The number of methoxy groups -OCH3 is 1. The smallest absolute Gasteiger partial charge is 0.119 e. The summed E-state index contributed by atoms with van der Waals surface area (Å²) in [5.41, 5.74) is 2.15. The van der Waals surface area contributed by atoms with E-state index >= 15 is 0 Å². The van der Waals surface area contributed by atoms with Gasteiger partial charge in [-0.2, -0.15) is 0 Å². The monoisotopic (exact) mass is 250 g/mol. The van der Waals surface area contributed by atoms with Gasteiger partial charge in [-0.15, -0.1) is 0 Å². The lowest BCUT2D eigenvalue weighted by Gasteiger charge is -2.30. The maximum absolute atomic E-state index is 10.3. The van der Waals surface area contributed by atoms with Crippen LogP contribution in [0.25, 0.3) is 0 Å². The van der Waals surface area contributed by atoms with Crippen molar-refractivity contribution in [1.29, 1.82) is 0 Å². The molecule has 0 bridgehead atoms. The van der Waals surface area contributed by atoms with Crippen LogP contribution in [0.5, 0.6) is 5.75 Å². The predicted molar refractivity (Wildman–Crippen MR) is 70.9 cm³/mol. The summed E-state index contributed by atoms with van der Waals surface area (Å²) in [5.74, 6) is 1.34. The molecule has 18 heavy (non-hydrogen) atoms. The normalized spacial score (nSPS) is 22.9. The van der Waals surface area contributed by atoms with Crippen LogP contribution in [0.2, 0.25) is 0 Å². The number of aliphatic hydroxyl groups is 1. The zero-order valence-electron chi connectivity index (χ0n) is 11.3. The van der Waals surface area contributed by atoms with Gasteiger partial charge in [-0.05, 0) is 42.0 Å². The Kier molecular flexibility index (Phi) is 4.25. The molecular weight excluding hydrogens is 228 g/mol. The summed E-state index contributed by atoms with van der Waals surface area (Å²) < 4.78 is 11.0. The molecule has 3 heteroatoms. The van der Waals surface area contributed by atoms with Gasteiger partial charge in [-0.3, -0.25) is 0 Å². The van der Waals surface area contributed by atoms with Crippen molar-refractivity contribution in [3.8, 4) is 5.75 Å². The van der Waals surface area contributed by atoms with Gasteiger partial charge in [0.05, 0.1) is 13.2 Å². The lowest BCUT2D eigenvalue weighted by molar-refractivity contribution is -0.0566. The van der Waals surface area contributed by atoms with Gasteiger partial charge in [0, 0.05) is 6.61 Å². The molecule has 0 amide bonds. The van der Waals surface area contributed by atoms with Gasteiger partial charge >= 0.3 is 0 Å². The number of hydrogen-bond donors (Lipinski definition) is 1. The number of hydrogen-bond acceptors (Lipinski definition) is 3. The molecule has 0 heterocycles. The highest BCUT2D eigenvalue weighted by molar-refractivity contribution is 5.39. The van der Waals surface area contributed by atoms with Crippen molar-refractivity contribution in [3.63, 3.8) is 0 Å². The third-order valence-corrected chi connectivity index (χ3v) is 3.36. The van der Waals surface area contributed by atoms with E-state index in [4.69, 9.17) is 9.47 Å². The summed E-state index contributed by atoms with van der Waals surface area (Å²) in [7, 11) is 1.66. The third kappa shape index (κ3) is 2.85. The van der Waals surface area contributed by atoms with Gasteiger partial charge in [-0.1, -0.05) is 19.9 Å². The van der Waals surface area contributed by atoms with E-state index in [2.05, 4.69) is 13.8 Å². The van der Waals surface area contributed by atoms with Crippen molar-refractivity contribution in [2.24, 2.45) is 5.92 Å². The SMILES string of the molecule is COc1ccc2c(c1)CCC(OCC(C)C)C2O. The summed E-state index contributed by atoms with van der Waals surface area (Å²) in [5, 5.41) is 10.3. The van der Waals surface area contributed by atoms with Crippen LogP contribution in [0.4, 0.5) is 0 Å². The first-order valence-corrected chi connectivity index (χ1v) is 6.58. The summed E-state index contributed by atoms with van der Waals surface area (Å²) >= 11 is 0. The van der Waals surface area contributed by atoms with Crippen molar-refractivity contribution in [3.05, 3.63) is 29.3 Å². The molecule has 1 aliphatic rings. The number of rotatable bonds is 4. The minimum atomic E-state index is -0.515. The van der Waals surface area contributed by atoms with E-state index in [1.807, 2.05) is 18.2 Å². The van der Waals surface area contributed by atoms with Crippen LogP contribution in [-0.2, 0) is 11.2 Å². The Labute approximate surface area is 109 Å². The van der Waals surface area contributed by atoms with Crippen LogP contribution < -0.4 is 4.74 Å². The summed E-state index contributed by atoms with van der Waals surface area (Å²) in [4.78, 5) is 0. The van der Waals surface area contributed by atoms with E-state index in [-0.39, 0.29) is 6.10 Å². The van der Waals surface area contributed by atoms with Crippen molar-refractivity contribution in [2.45, 2.75) is 38.9 Å². The fourth-order valence-electron chi connectivity index (χ4n) is 2.36. The lowest BCUT2D eigenvalue weighted by Crippen LogP contribution is -2.29. The van der Waals surface area contributed by atoms with Crippen molar-refractivity contribution in [1.82, 2.24) is 0 Å². The molecule has 1 aromatic carbocycles. The van der Waals surface area contributed by atoms with Crippen LogP contribution in [0, 0.1) is 5.92 Å². The van der Waals surface area contributed by atoms with Gasteiger partial charge in [0.15, 0.2) is 0 Å². The summed E-state index contributed by atoms with van der Waals surface area (Å²) in [6.45, 7) is 4.94. The predicted octanol–water partition coefficient (Wildman–Crippen LogP) is 2.72. The molecule has 0 radical (unpaired) electrons. The van der Waals surface area contributed by atoms with Crippen molar-refractivity contribution < 1.29 is 14.6 Å². The summed E-state index contributed by atoms with van der Waals surface area (Å²) in [6.07, 6.45) is 1.21. The Hall–Kier alpha value is -1.06. The standard InChI is InChI=1S/C15H22O3/c1-10(2)9-18-14-7-4-11-8-12(17-3)5-6-13(11)15(14)16/h5-6,8,10,14-16H,4,7,9H2,1-3H3. The van der Waals surface area contributed by atoms with Gasteiger partial charge < -0.3 is 14.6 Å².